The lowest BCUT2D eigenvalue weighted by Crippen LogP contribution is -2.40. The van der Waals surface area contributed by atoms with Crippen LogP contribution in [0.3, 0.4) is 0 Å². The van der Waals surface area contributed by atoms with E-state index in [4.69, 9.17) is 9.73 Å². The van der Waals surface area contributed by atoms with Crippen molar-refractivity contribution >= 4 is 22.3 Å². The summed E-state index contributed by atoms with van der Waals surface area (Å²) in [4.78, 5) is 4.86. The molecule has 0 atom stereocenters. The van der Waals surface area contributed by atoms with Gasteiger partial charge in [-0.1, -0.05) is 30.3 Å². The molecule has 0 radical (unpaired) electrons. The molecule has 4 rings (SSSR count). The number of aliphatic imine (C=N–C) groups is 1. The standard InChI is InChI=1S/C18H15N2O/c1-21-15-10-14-8-5-9-20-12-17(13-6-3-2-4-7-13)19-16(11-15)18(14)20/h2-11H,12H2,1H3/q+1. The fraction of sp³-hybridized carbons (Fsp3) is 0.111. The summed E-state index contributed by atoms with van der Waals surface area (Å²) in [5.41, 5.74) is 4.37. The highest BCUT2D eigenvalue weighted by atomic mass is 16.5. The molecule has 3 aromatic rings. The Morgan fingerprint density at radius 1 is 1.05 bits per heavy atom. The molecule has 1 aromatic heterocycles. The van der Waals surface area contributed by atoms with Crippen LogP contribution in [0.15, 0.2) is 65.8 Å². The second kappa shape index (κ2) is 4.70. The SMILES string of the molecule is COc1cc2c3c(ccc[n+]3CC(c3ccccc3)=N2)c1. The smallest absolute Gasteiger partial charge is 0.239 e. The first kappa shape index (κ1) is 12.1. The molecule has 0 aliphatic carbocycles. The van der Waals surface area contributed by atoms with Gasteiger partial charge in [-0.15, -0.1) is 0 Å². The summed E-state index contributed by atoms with van der Waals surface area (Å²) in [7, 11) is 1.69. The second-order valence-electron chi connectivity index (χ2n) is 5.14. The Morgan fingerprint density at radius 2 is 1.90 bits per heavy atom. The molecule has 0 spiro atoms. The quantitative estimate of drug-likeness (QED) is 0.659. The summed E-state index contributed by atoms with van der Waals surface area (Å²) in [6, 6.07) is 18.5. The fourth-order valence-electron chi connectivity index (χ4n) is 2.84. The number of rotatable bonds is 2. The van der Waals surface area contributed by atoms with Gasteiger partial charge in [0.25, 0.3) is 0 Å². The van der Waals surface area contributed by atoms with E-state index in [1.807, 2.05) is 24.3 Å². The summed E-state index contributed by atoms with van der Waals surface area (Å²) in [6.07, 6.45) is 2.11. The van der Waals surface area contributed by atoms with E-state index in [9.17, 15) is 0 Å². The molecule has 0 saturated heterocycles. The molecule has 0 bridgehead atoms. The highest BCUT2D eigenvalue weighted by Gasteiger charge is 2.23. The first-order chi connectivity index (χ1) is 10.3. The van der Waals surface area contributed by atoms with E-state index in [-0.39, 0.29) is 0 Å². The first-order valence-corrected chi connectivity index (χ1v) is 6.98. The molecule has 1 aliphatic rings. The van der Waals surface area contributed by atoms with Crippen LogP contribution in [0.4, 0.5) is 5.69 Å². The lowest BCUT2D eigenvalue weighted by molar-refractivity contribution is -0.656. The van der Waals surface area contributed by atoms with Crippen LogP contribution >= 0.6 is 0 Å². The number of methoxy groups -OCH3 is 1. The minimum absolute atomic E-state index is 0.792. The Balaban J connectivity index is 1.97. The summed E-state index contributed by atoms with van der Waals surface area (Å²) >= 11 is 0. The van der Waals surface area contributed by atoms with E-state index >= 15 is 0 Å². The summed E-state index contributed by atoms with van der Waals surface area (Å²) in [5.74, 6) is 0.841. The Kier molecular flexibility index (Phi) is 2.71. The zero-order chi connectivity index (χ0) is 14.2. The lowest BCUT2D eigenvalue weighted by Gasteiger charge is -2.13. The van der Waals surface area contributed by atoms with Crippen molar-refractivity contribution in [3.05, 3.63) is 66.4 Å². The van der Waals surface area contributed by atoms with Crippen molar-refractivity contribution in [2.75, 3.05) is 7.11 Å². The van der Waals surface area contributed by atoms with Gasteiger partial charge in [0.15, 0.2) is 12.7 Å². The van der Waals surface area contributed by atoms with Crippen LogP contribution in [0.2, 0.25) is 0 Å². The molecule has 2 aromatic carbocycles. The number of aromatic nitrogens is 1. The van der Waals surface area contributed by atoms with E-state index in [0.29, 0.717) is 0 Å². The van der Waals surface area contributed by atoms with Crippen LogP contribution < -0.4 is 9.30 Å². The molecule has 0 N–H and O–H groups in total. The Labute approximate surface area is 123 Å². The van der Waals surface area contributed by atoms with Crippen molar-refractivity contribution in [2.24, 2.45) is 4.99 Å². The van der Waals surface area contributed by atoms with Crippen LogP contribution in [-0.2, 0) is 6.54 Å². The van der Waals surface area contributed by atoms with Crippen LogP contribution in [0.25, 0.3) is 10.9 Å². The van der Waals surface area contributed by atoms with Gasteiger partial charge >= 0.3 is 0 Å². The summed E-state index contributed by atoms with van der Waals surface area (Å²) < 4.78 is 7.64. The molecule has 0 amide bonds. The van der Waals surface area contributed by atoms with Crippen LogP contribution in [0.5, 0.6) is 5.75 Å². The van der Waals surface area contributed by atoms with Gasteiger partial charge in [0, 0.05) is 17.7 Å². The predicted molar refractivity (Wildman–Crippen MR) is 83.3 cm³/mol. The number of ether oxygens (including phenoxy) is 1. The van der Waals surface area contributed by atoms with Crippen molar-refractivity contribution in [1.82, 2.24) is 0 Å². The van der Waals surface area contributed by atoms with Crippen LogP contribution in [0.1, 0.15) is 5.56 Å². The maximum Gasteiger partial charge on any atom is 0.239 e. The van der Waals surface area contributed by atoms with Gasteiger partial charge in [0.2, 0.25) is 5.52 Å². The normalized spacial score (nSPS) is 13.1. The Hall–Kier alpha value is -2.68. The number of pyridine rings is 1. The van der Waals surface area contributed by atoms with E-state index in [1.165, 1.54) is 0 Å². The van der Waals surface area contributed by atoms with E-state index in [1.54, 1.807) is 7.11 Å². The highest BCUT2D eigenvalue weighted by Crippen LogP contribution is 2.31. The molecular weight excluding hydrogens is 260 g/mol. The minimum atomic E-state index is 0.792. The molecule has 3 heteroatoms. The Bertz CT molecular complexity index is 854. The second-order valence-corrected chi connectivity index (χ2v) is 5.14. The van der Waals surface area contributed by atoms with Gasteiger partial charge in [0.1, 0.15) is 17.1 Å². The average molecular weight is 275 g/mol. The number of hydrogen-bond acceptors (Lipinski definition) is 2. The third-order valence-corrected chi connectivity index (χ3v) is 3.84. The van der Waals surface area contributed by atoms with E-state index < -0.39 is 0 Å². The highest BCUT2D eigenvalue weighted by molar-refractivity contribution is 6.04. The maximum atomic E-state index is 5.39. The number of hydrogen-bond donors (Lipinski definition) is 0. The molecule has 1 aliphatic heterocycles. The minimum Gasteiger partial charge on any atom is -0.497 e. The third-order valence-electron chi connectivity index (χ3n) is 3.84. The lowest BCUT2D eigenvalue weighted by atomic mass is 10.1. The number of benzene rings is 2. The van der Waals surface area contributed by atoms with Crippen molar-refractivity contribution in [3.63, 3.8) is 0 Å². The summed E-state index contributed by atoms with van der Waals surface area (Å²) in [5, 5.41) is 1.16. The first-order valence-electron chi connectivity index (χ1n) is 6.98. The maximum absolute atomic E-state index is 5.39. The van der Waals surface area contributed by atoms with Gasteiger partial charge in [0.05, 0.1) is 12.5 Å². The van der Waals surface area contributed by atoms with Crippen molar-refractivity contribution in [2.45, 2.75) is 6.54 Å². The van der Waals surface area contributed by atoms with Crippen LogP contribution in [-0.4, -0.2) is 12.8 Å². The van der Waals surface area contributed by atoms with Gasteiger partial charge in [-0.25, -0.2) is 4.99 Å². The topological polar surface area (TPSA) is 25.5 Å². The number of nitrogens with zero attached hydrogens (tertiary/aromatic N) is 2. The van der Waals surface area contributed by atoms with Crippen LogP contribution in [0, 0.1) is 0 Å². The van der Waals surface area contributed by atoms with Gasteiger partial charge in [-0.3, -0.25) is 0 Å². The molecule has 21 heavy (non-hydrogen) atoms. The van der Waals surface area contributed by atoms with Crippen molar-refractivity contribution in [3.8, 4) is 5.75 Å². The predicted octanol–water partition coefficient (Wildman–Crippen LogP) is 3.27. The fourth-order valence-corrected chi connectivity index (χ4v) is 2.84. The molecule has 0 fully saturated rings. The largest absolute Gasteiger partial charge is 0.497 e. The molecule has 3 nitrogen and oxygen atoms in total. The molecule has 0 unspecified atom stereocenters. The Morgan fingerprint density at radius 3 is 2.71 bits per heavy atom. The van der Waals surface area contributed by atoms with Crippen molar-refractivity contribution < 1.29 is 9.30 Å². The van der Waals surface area contributed by atoms with Crippen molar-refractivity contribution in [1.29, 1.82) is 0 Å². The third kappa shape index (κ3) is 1.98. The zero-order valence-electron chi connectivity index (χ0n) is 11.8. The van der Waals surface area contributed by atoms with Gasteiger partial charge < -0.3 is 4.74 Å². The monoisotopic (exact) mass is 275 g/mol. The molecule has 102 valence electrons. The van der Waals surface area contributed by atoms with Gasteiger partial charge in [-0.05, 0) is 12.1 Å². The van der Waals surface area contributed by atoms with E-state index in [0.717, 1.165) is 40.2 Å². The molecular formula is C18H15N2O+. The molecule has 0 saturated carbocycles. The molecule has 2 heterocycles. The average Bonchev–Trinajstić information content (AvgIpc) is 2.55. The van der Waals surface area contributed by atoms with E-state index in [2.05, 4.69) is 41.1 Å². The zero-order valence-corrected chi connectivity index (χ0v) is 11.8. The van der Waals surface area contributed by atoms with Gasteiger partial charge in [-0.2, -0.15) is 4.57 Å². The summed E-state index contributed by atoms with van der Waals surface area (Å²) in [6.45, 7) is 0.792.